The number of hydrogen-bond acceptors (Lipinski definition) is 5. The van der Waals surface area contributed by atoms with E-state index >= 15 is 0 Å². The van der Waals surface area contributed by atoms with Crippen molar-refractivity contribution in [3.63, 3.8) is 0 Å². The van der Waals surface area contributed by atoms with Gasteiger partial charge in [-0.1, -0.05) is 18.2 Å². The van der Waals surface area contributed by atoms with E-state index in [0.29, 0.717) is 0 Å². The largest absolute Gasteiger partial charge is 0.313 e. The lowest BCUT2D eigenvalue weighted by Gasteiger charge is -2.03. The van der Waals surface area contributed by atoms with Gasteiger partial charge in [-0.25, -0.2) is 4.98 Å². The van der Waals surface area contributed by atoms with Crippen molar-refractivity contribution >= 4 is 61.2 Å². The van der Waals surface area contributed by atoms with Crippen LogP contribution in [0.15, 0.2) is 47.9 Å². The number of aromatic nitrogens is 1. The van der Waals surface area contributed by atoms with Crippen LogP contribution in [0.2, 0.25) is 0 Å². The van der Waals surface area contributed by atoms with Gasteiger partial charge in [0.2, 0.25) is 5.91 Å². The Kier molecular flexibility index (Phi) is 4.72. The van der Waals surface area contributed by atoms with Crippen LogP contribution in [0, 0.1) is 13.8 Å². The van der Waals surface area contributed by atoms with Gasteiger partial charge in [0.15, 0.2) is 0 Å². The zero-order valence-corrected chi connectivity index (χ0v) is 16.7. The van der Waals surface area contributed by atoms with Gasteiger partial charge in [-0.15, -0.1) is 34.0 Å². The number of rotatable bonds is 4. The highest BCUT2D eigenvalue weighted by atomic mass is 32.1. The van der Waals surface area contributed by atoms with Gasteiger partial charge in [0.05, 0.1) is 10.2 Å². The molecule has 0 atom stereocenters. The number of carbonyl (C=O) groups excluding carboxylic acids is 1. The number of thiophene rings is 2. The van der Waals surface area contributed by atoms with E-state index in [9.17, 15) is 4.79 Å². The number of carbonyl (C=O) groups is 1. The minimum absolute atomic E-state index is 0.123. The number of anilines is 1. The Bertz CT molecular complexity index is 1070. The van der Waals surface area contributed by atoms with Crippen LogP contribution in [0.1, 0.15) is 15.3 Å². The number of benzene rings is 1. The minimum Gasteiger partial charge on any atom is -0.313 e. The molecule has 0 bridgehead atoms. The predicted octanol–water partition coefficient (Wildman–Crippen LogP) is 6.36. The molecule has 0 aliphatic rings. The molecule has 1 aromatic carbocycles. The van der Waals surface area contributed by atoms with Gasteiger partial charge in [0, 0.05) is 21.4 Å². The fourth-order valence-corrected chi connectivity index (χ4v) is 5.47. The molecule has 0 aliphatic heterocycles. The number of amides is 1. The predicted molar refractivity (Wildman–Crippen MR) is 114 cm³/mol. The number of hydrogen-bond donors (Lipinski definition) is 1. The highest BCUT2D eigenvalue weighted by Crippen LogP contribution is 2.42. The molecule has 3 aromatic heterocycles. The molecular weight excluding hydrogens is 380 g/mol. The molecule has 4 aromatic rings. The molecule has 0 saturated carbocycles. The van der Waals surface area contributed by atoms with Gasteiger partial charge in [-0.3, -0.25) is 4.79 Å². The number of thiazole rings is 1. The highest BCUT2D eigenvalue weighted by molar-refractivity contribution is 7.22. The normalized spacial score (nSPS) is 11.5. The van der Waals surface area contributed by atoms with Crippen LogP contribution in [0.25, 0.3) is 26.9 Å². The van der Waals surface area contributed by atoms with Gasteiger partial charge < -0.3 is 5.32 Å². The Hall–Kier alpha value is -2.28. The Morgan fingerprint density at radius 1 is 1.12 bits per heavy atom. The average molecular weight is 397 g/mol. The molecule has 130 valence electrons. The third-order valence-corrected chi connectivity index (χ3v) is 7.09. The first-order valence-corrected chi connectivity index (χ1v) is 10.6. The summed E-state index contributed by atoms with van der Waals surface area (Å²) in [6.07, 6.45) is 3.42. The molecule has 0 unspecified atom stereocenters. The maximum absolute atomic E-state index is 12.4. The van der Waals surface area contributed by atoms with E-state index in [4.69, 9.17) is 4.98 Å². The van der Waals surface area contributed by atoms with Crippen molar-refractivity contribution in [2.75, 3.05) is 5.32 Å². The highest BCUT2D eigenvalue weighted by Gasteiger charge is 2.19. The summed E-state index contributed by atoms with van der Waals surface area (Å²) in [4.78, 5) is 19.4. The van der Waals surface area contributed by atoms with Crippen molar-refractivity contribution in [1.29, 1.82) is 0 Å². The van der Waals surface area contributed by atoms with Gasteiger partial charge >= 0.3 is 0 Å². The van der Waals surface area contributed by atoms with Crippen LogP contribution in [-0.2, 0) is 4.79 Å². The molecule has 26 heavy (non-hydrogen) atoms. The maximum Gasteiger partial charge on any atom is 0.249 e. The lowest BCUT2D eigenvalue weighted by Crippen LogP contribution is -2.07. The number of nitrogens with one attached hydrogen (secondary N) is 1. The molecule has 0 fully saturated rings. The summed E-state index contributed by atoms with van der Waals surface area (Å²) in [6.45, 7) is 4.17. The second-order valence-electron chi connectivity index (χ2n) is 5.81. The summed E-state index contributed by atoms with van der Waals surface area (Å²) in [5.41, 5.74) is 3.20. The fraction of sp³-hybridized carbons (Fsp3) is 0.100. The van der Waals surface area contributed by atoms with Crippen molar-refractivity contribution < 1.29 is 4.79 Å². The lowest BCUT2D eigenvalue weighted by atomic mass is 10.1. The summed E-state index contributed by atoms with van der Waals surface area (Å²) in [7, 11) is 0. The van der Waals surface area contributed by atoms with Crippen molar-refractivity contribution in [1.82, 2.24) is 4.98 Å². The van der Waals surface area contributed by atoms with Crippen molar-refractivity contribution in [2.24, 2.45) is 0 Å². The van der Waals surface area contributed by atoms with Crippen molar-refractivity contribution in [3.05, 3.63) is 63.2 Å². The molecule has 0 spiro atoms. The lowest BCUT2D eigenvalue weighted by molar-refractivity contribution is -0.111. The van der Waals surface area contributed by atoms with Crippen LogP contribution in [0.5, 0.6) is 0 Å². The molecule has 0 saturated heterocycles. The van der Waals surface area contributed by atoms with E-state index in [1.165, 1.54) is 10.4 Å². The number of aryl methyl sites for hydroxylation is 1. The molecule has 4 rings (SSSR count). The van der Waals surface area contributed by atoms with Crippen LogP contribution >= 0.6 is 34.0 Å². The van der Waals surface area contributed by atoms with E-state index in [2.05, 4.69) is 25.2 Å². The zero-order chi connectivity index (χ0) is 18.1. The fourth-order valence-electron chi connectivity index (χ4n) is 2.65. The third-order valence-electron chi connectivity index (χ3n) is 4.07. The van der Waals surface area contributed by atoms with Crippen LogP contribution in [-0.4, -0.2) is 10.9 Å². The second-order valence-corrected chi connectivity index (χ2v) is 9.05. The molecule has 3 heterocycles. The van der Waals surface area contributed by atoms with Gasteiger partial charge in [0.25, 0.3) is 0 Å². The van der Waals surface area contributed by atoms with Crippen molar-refractivity contribution in [2.45, 2.75) is 13.8 Å². The minimum atomic E-state index is -0.123. The number of fused-ring (bicyclic) bond motifs is 1. The molecular formula is C20H16N2OS3. The molecule has 3 nitrogen and oxygen atoms in total. The first kappa shape index (κ1) is 17.1. The smallest absolute Gasteiger partial charge is 0.249 e. The topological polar surface area (TPSA) is 42.0 Å². The maximum atomic E-state index is 12.4. The summed E-state index contributed by atoms with van der Waals surface area (Å²) >= 11 is 4.87. The summed E-state index contributed by atoms with van der Waals surface area (Å²) in [6, 6.07) is 12.1. The third kappa shape index (κ3) is 3.35. The Labute approximate surface area is 163 Å². The van der Waals surface area contributed by atoms with E-state index in [1.54, 1.807) is 40.1 Å². The van der Waals surface area contributed by atoms with Crippen LogP contribution < -0.4 is 5.32 Å². The van der Waals surface area contributed by atoms with E-state index in [-0.39, 0.29) is 5.91 Å². The molecule has 0 radical (unpaired) electrons. The second kappa shape index (κ2) is 7.15. The van der Waals surface area contributed by atoms with E-state index in [0.717, 1.165) is 30.7 Å². The number of nitrogens with zero attached hydrogens (tertiary/aromatic N) is 1. The van der Waals surface area contributed by atoms with Crippen LogP contribution in [0.4, 0.5) is 5.00 Å². The molecule has 1 N–H and O–H groups in total. The standard InChI is InChI=1S/C20H16N2OS3/c1-12-13(2)25-20(22-17(23)10-9-14-6-5-11-24-14)18(12)19-21-15-7-3-4-8-16(15)26-19/h3-11H,1-2H3,(H,22,23)/b10-9+. The molecule has 6 heteroatoms. The Morgan fingerprint density at radius 2 is 1.96 bits per heavy atom. The Morgan fingerprint density at radius 3 is 2.73 bits per heavy atom. The van der Waals surface area contributed by atoms with Crippen LogP contribution in [0.3, 0.4) is 0 Å². The summed E-state index contributed by atoms with van der Waals surface area (Å²) in [5.74, 6) is -0.123. The van der Waals surface area contributed by atoms with Crippen molar-refractivity contribution in [3.8, 4) is 10.6 Å². The quantitative estimate of drug-likeness (QED) is 0.408. The van der Waals surface area contributed by atoms with E-state index in [1.807, 2.05) is 41.8 Å². The van der Waals surface area contributed by atoms with Gasteiger partial charge in [0.1, 0.15) is 10.0 Å². The van der Waals surface area contributed by atoms with Gasteiger partial charge in [-0.2, -0.15) is 0 Å². The zero-order valence-electron chi connectivity index (χ0n) is 14.3. The van der Waals surface area contributed by atoms with E-state index < -0.39 is 0 Å². The monoisotopic (exact) mass is 396 g/mol. The molecule has 0 aliphatic carbocycles. The summed E-state index contributed by atoms with van der Waals surface area (Å²) < 4.78 is 1.15. The SMILES string of the molecule is Cc1sc(NC(=O)/C=C/c2cccs2)c(-c2nc3ccccc3s2)c1C. The first-order chi connectivity index (χ1) is 12.6. The first-order valence-electron chi connectivity index (χ1n) is 8.10. The summed E-state index contributed by atoms with van der Waals surface area (Å²) in [5, 5.41) is 6.85. The number of para-hydroxylation sites is 1. The van der Waals surface area contributed by atoms with Gasteiger partial charge in [-0.05, 0) is 49.1 Å². The average Bonchev–Trinajstić information content (AvgIpc) is 3.33. The Balaban J connectivity index is 1.67. The molecule has 1 amide bonds.